The Morgan fingerprint density at radius 3 is 2.40 bits per heavy atom. The van der Waals surface area contributed by atoms with Gasteiger partial charge in [-0.15, -0.1) is 0 Å². The molecule has 4 rings (SSSR count). The first-order valence-electron chi connectivity index (χ1n) is 12.6. The number of hydrogen-bond acceptors (Lipinski definition) is 7. The molecule has 2 amide bonds. The second-order valence-corrected chi connectivity index (χ2v) is 10.8. The van der Waals surface area contributed by atoms with Crippen molar-refractivity contribution in [2.24, 2.45) is 0 Å². The number of carbonyl (C=O) groups excluding carboxylic acids is 2. The number of amides is 2. The van der Waals surface area contributed by atoms with Gasteiger partial charge in [0, 0.05) is 6.54 Å². The molecular formula is C28H29N3O8S. The molecule has 11 nitrogen and oxygen atoms in total. The van der Waals surface area contributed by atoms with E-state index in [1.165, 1.54) is 12.1 Å². The van der Waals surface area contributed by atoms with Crippen molar-refractivity contribution in [1.29, 1.82) is 0 Å². The summed E-state index contributed by atoms with van der Waals surface area (Å²) in [4.78, 5) is 36.2. The number of sulfonamides is 1. The number of hydrogen-bond donors (Lipinski definition) is 4. The summed E-state index contributed by atoms with van der Waals surface area (Å²) < 4.78 is 38.4. The molecule has 0 bridgehead atoms. The van der Waals surface area contributed by atoms with E-state index in [9.17, 15) is 27.9 Å². The second-order valence-electron chi connectivity index (χ2n) is 9.09. The third-order valence-corrected chi connectivity index (χ3v) is 7.57. The molecule has 0 saturated carbocycles. The molecule has 0 saturated heterocycles. The molecule has 2 atom stereocenters. The molecule has 0 unspecified atom stereocenters. The van der Waals surface area contributed by atoms with Gasteiger partial charge >= 0.3 is 12.1 Å². The van der Waals surface area contributed by atoms with Crippen molar-refractivity contribution in [3.05, 3.63) is 90.0 Å². The summed E-state index contributed by atoms with van der Waals surface area (Å²) in [6.07, 6.45) is -0.672. The fourth-order valence-corrected chi connectivity index (χ4v) is 5.25. The summed E-state index contributed by atoms with van der Waals surface area (Å²) in [6, 6.07) is 20.1. The van der Waals surface area contributed by atoms with Crippen LogP contribution < -0.4 is 20.1 Å². The topological polar surface area (TPSA) is 160 Å². The summed E-state index contributed by atoms with van der Waals surface area (Å²) in [5.41, 5.74) is 1.72. The molecule has 0 spiro atoms. The number of carbonyl (C=O) groups is 3. The maximum absolute atomic E-state index is 12.6. The lowest BCUT2D eigenvalue weighted by Gasteiger charge is -2.26. The summed E-state index contributed by atoms with van der Waals surface area (Å²) in [6.45, 7) is 0.452. The quantitative estimate of drug-likeness (QED) is 0.243. The molecule has 3 aromatic rings. The smallest absolute Gasteiger partial charge is 0.407 e. The Labute approximate surface area is 231 Å². The zero-order valence-electron chi connectivity index (χ0n) is 21.4. The lowest BCUT2D eigenvalue weighted by Crippen LogP contribution is -2.42. The molecule has 3 aromatic carbocycles. The Bertz CT molecular complexity index is 1450. The van der Waals surface area contributed by atoms with Crippen molar-refractivity contribution in [1.82, 2.24) is 10.0 Å². The summed E-state index contributed by atoms with van der Waals surface area (Å²) in [7, 11) is -4.05. The van der Waals surface area contributed by atoms with Gasteiger partial charge in [0.1, 0.15) is 18.4 Å². The van der Waals surface area contributed by atoms with Gasteiger partial charge in [0.05, 0.1) is 10.6 Å². The Kier molecular flexibility index (Phi) is 9.35. The Morgan fingerprint density at radius 1 is 1.00 bits per heavy atom. The fraction of sp³-hybridized carbons (Fsp3) is 0.250. The molecule has 0 aliphatic carbocycles. The average molecular weight is 568 g/mol. The molecule has 0 fully saturated rings. The highest BCUT2D eigenvalue weighted by molar-refractivity contribution is 7.89. The highest BCUT2D eigenvalue weighted by atomic mass is 32.2. The number of alkyl carbamates (subject to hydrolysis) is 1. The molecule has 0 aromatic heterocycles. The molecular weight excluding hydrogens is 538 g/mol. The average Bonchev–Trinajstić information content (AvgIpc) is 2.95. The molecule has 1 heterocycles. The van der Waals surface area contributed by atoms with Gasteiger partial charge in [-0.05, 0) is 54.7 Å². The molecule has 40 heavy (non-hydrogen) atoms. The number of fused-ring (bicyclic) bond motifs is 1. The maximum atomic E-state index is 12.6. The van der Waals surface area contributed by atoms with Crippen LogP contribution in [0, 0.1) is 0 Å². The van der Waals surface area contributed by atoms with Crippen LogP contribution in [0.2, 0.25) is 0 Å². The van der Waals surface area contributed by atoms with E-state index >= 15 is 0 Å². The van der Waals surface area contributed by atoms with E-state index in [-0.39, 0.29) is 23.8 Å². The van der Waals surface area contributed by atoms with Crippen molar-refractivity contribution in [3.63, 3.8) is 0 Å². The number of carboxylic acid groups (broad SMARTS) is 1. The highest BCUT2D eigenvalue weighted by Crippen LogP contribution is 2.32. The van der Waals surface area contributed by atoms with Crippen LogP contribution in [0.5, 0.6) is 5.75 Å². The molecule has 4 N–H and O–H groups in total. The number of aliphatic carboxylic acids is 1. The van der Waals surface area contributed by atoms with E-state index in [4.69, 9.17) is 9.47 Å². The van der Waals surface area contributed by atoms with Gasteiger partial charge in [-0.2, -0.15) is 4.72 Å². The molecule has 1 aliphatic rings. The maximum Gasteiger partial charge on any atom is 0.407 e. The summed E-state index contributed by atoms with van der Waals surface area (Å²) in [5, 5.41) is 15.0. The van der Waals surface area contributed by atoms with E-state index in [1.54, 1.807) is 36.4 Å². The number of rotatable bonds is 12. The zero-order chi connectivity index (χ0) is 28.5. The second kappa shape index (κ2) is 13.1. The van der Waals surface area contributed by atoms with E-state index in [0.717, 1.165) is 5.56 Å². The van der Waals surface area contributed by atoms with E-state index in [1.807, 2.05) is 30.3 Å². The largest absolute Gasteiger partial charge is 0.480 e. The number of nitrogens with one attached hydrogen (secondary N) is 3. The van der Waals surface area contributed by atoms with Crippen molar-refractivity contribution in [3.8, 4) is 5.75 Å². The van der Waals surface area contributed by atoms with Gasteiger partial charge < -0.3 is 25.2 Å². The van der Waals surface area contributed by atoms with Crippen LogP contribution in [0.3, 0.4) is 0 Å². The van der Waals surface area contributed by atoms with E-state index < -0.39 is 34.2 Å². The monoisotopic (exact) mass is 567 g/mol. The minimum absolute atomic E-state index is 0.0438. The summed E-state index contributed by atoms with van der Waals surface area (Å²) >= 11 is 0. The number of ether oxygens (including phenoxy) is 2. The molecule has 1 aliphatic heterocycles. The highest BCUT2D eigenvalue weighted by Gasteiger charge is 2.29. The third-order valence-electron chi connectivity index (χ3n) is 6.08. The minimum Gasteiger partial charge on any atom is -0.480 e. The van der Waals surface area contributed by atoms with Gasteiger partial charge in [-0.1, -0.05) is 54.6 Å². The predicted octanol–water partition coefficient (Wildman–Crippen LogP) is 3.07. The Hall–Kier alpha value is -4.42. The van der Waals surface area contributed by atoms with Crippen LogP contribution in [0.4, 0.5) is 10.5 Å². The fourth-order valence-electron chi connectivity index (χ4n) is 4.04. The number of benzene rings is 3. The minimum atomic E-state index is -4.05. The van der Waals surface area contributed by atoms with Crippen molar-refractivity contribution >= 4 is 33.7 Å². The molecule has 0 radical (unpaired) electrons. The SMILES string of the molecule is O=C(NCCC[C@H]1Oc2ccc(C[C@H](NS(=O)(=O)c3ccccc3)C(=O)O)cc2NC1=O)OCc1ccccc1. The number of anilines is 1. The van der Waals surface area contributed by atoms with Gasteiger partial charge in [0.15, 0.2) is 6.10 Å². The van der Waals surface area contributed by atoms with E-state index in [2.05, 4.69) is 15.4 Å². The zero-order valence-corrected chi connectivity index (χ0v) is 22.2. The first kappa shape index (κ1) is 28.6. The van der Waals surface area contributed by atoms with Gasteiger partial charge in [0.25, 0.3) is 5.91 Å². The van der Waals surface area contributed by atoms with Crippen LogP contribution >= 0.6 is 0 Å². The lowest BCUT2D eigenvalue weighted by molar-refractivity contribution is -0.139. The van der Waals surface area contributed by atoms with Gasteiger partial charge in [0.2, 0.25) is 10.0 Å². The van der Waals surface area contributed by atoms with Crippen LogP contribution in [0.15, 0.2) is 83.8 Å². The van der Waals surface area contributed by atoms with Gasteiger partial charge in [-0.3, -0.25) is 9.59 Å². The van der Waals surface area contributed by atoms with Crippen molar-refractivity contribution < 1.29 is 37.4 Å². The van der Waals surface area contributed by atoms with Gasteiger partial charge in [-0.25, -0.2) is 13.2 Å². The van der Waals surface area contributed by atoms with Crippen LogP contribution in [-0.4, -0.2) is 50.2 Å². The van der Waals surface area contributed by atoms with Crippen LogP contribution in [-0.2, 0) is 37.4 Å². The summed E-state index contributed by atoms with van der Waals surface area (Å²) in [5.74, 6) is -1.31. The Balaban J connectivity index is 1.27. The predicted molar refractivity (Wildman–Crippen MR) is 145 cm³/mol. The van der Waals surface area contributed by atoms with Crippen LogP contribution in [0.25, 0.3) is 0 Å². The standard InChI is InChI=1S/C28H29N3O8S/c32-26-25(12-7-15-29-28(35)38-18-19-8-3-1-4-9-19)39-24-14-13-20(16-22(24)30-26)17-23(27(33)34)31-40(36,37)21-10-5-2-6-11-21/h1-6,8-11,13-14,16,23,25,31H,7,12,15,17-18H2,(H,29,35)(H,30,32)(H,33,34)/t23-,25+/m0/s1. The number of carboxylic acids is 1. The normalized spacial score (nSPS) is 15.2. The lowest BCUT2D eigenvalue weighted by atomic mass is 10.0. The van der Waals surface area contributed by atoms with Crippen molar-refractivity contribution in [2.45, 2.75) is 42.9 Å². The van der Waals surface area contributed by atoms with Crippen LogP contribution in [0.1, 0.15) is 24.0 Å². The Morgan fingerprint density at radius 2 is 1.70 bits per heavy atom. The van der Waals surface area contributed by atoms with Crippen molar-refractivity contribution in [2.75, 3.05) is 11.9 Å². The molecule has 12 heteroatoms. The first-order valence-corrected chi connectivity index (χ1v) is 14.0. The molecule has 210 valence electrons. The third kappa shape index (κ3) is 7.80. The van der Waals surface area contributed by atoms with E-state index in [0.29, 0.717) is 36.4 Å². The first-order chi connectivity index (χ1) is 19.2.